The molecule has 4 heteroatoms. The van der Waals surface area contributed by atoms with Gasteiger partial charge in [0.2, 0.25) is 0 Å². The van der Waals surface area contributed by atoms with Crippen molar-refractivity contribution in [3.8, 4) is 5.75 Å². The van der Waals surface area contributed by atoms with Crippen molar-refractivity contribution in [1.29, 1.82) is 0 Å². The molecule has 0 aliphatic carbocycles. The predicted molar refractivity (Wildman–Crippen MR) is 71.8 cm³/mol. The van der Waals surface area contributed by atoms with Gasteiger partial charge in [0.1, 0.15) is 5.75 Å². The quantitative estimate of drug-likeness (QED) is 0.602. The van der Waals surface area contributed by atoms with Crippen LogP contribution in [0.3, 0.4) is 0 Å². The van der Waals surface area contributed by atoms with Gasteiger partial charge in [-0.05, 0) is 26.3 Å². The molecule has 1 heterocycles. The van der Waals surface area contributed by atoms with Crippen LogP contribution in [-0.2, 0) is 6.54 Å². The largest absolute Gasteiger partial charge is 0.497 e. The number of rotatable bonds is 7. The van der Waals surface area contributed by atoms with Gasteiger partial charge in [0.15, 0.2) is 0 Å². The summed E-state index contributed by atoms with van der Waals surface area (Å²) in [5.41, 5.74) is 1.98. The Balaban J connectivity index is 2.38. The van der Waals surface area contributed by atoms with Crippen LogP contribution < -0.4 is 10.1 Å². The Labute approximate surface area is 109 Å². The molecule has 0 aliphatic heterocycles. The summed E-state index contributed by atoms with van der Waals surface area (Å²) in [6, 6.07) is 3.88. The van der Waals surface area contributed by atoms with E-state index in [1.54, 1.807) is 7.11 Å². The Morgan fingerprint density at radius 2 is 2.24 bits per heavy atom. The minimum absolute atomic E-state index is 0.266. The summed E-state index contributed by atoms with van der Waals surface area (Å²) < 4.78 is 5.21. The number of pyridine rings is 1. The Morgan fingerprint density at radius 3 is 2.88 bits per heavy atom. The van der Waals surface area contributed by atoms with E-state index in [4.69, 9.17) is 16.3 Å². The number of alkyl halides is 1. The van der Waals surface area contributed by atoms with Gasteiger partial charge in [-0.25, -0.2) is 0 Å². The van der Waals surface area contributed by atoms with E-state index in [0.717, 1.165) is 43.1 Å². The molecule has 96 valence electrons. The maximum absolute atomic E-state index is 6.04. The fourth-order valence-corrected chi connectivity index (χ4v) is 1.70. The van der Waals surface area contributed by atoms with Gasteiger partial charge < -0.3 is 10.1 Å². The van der Waals surface area contributed by atoms with Crippen molar-refractivity contribution in [2.45, 2.75) is 38.6 Å². The van der Waals surface area contributed by atoms with Crippen molar-refractivity contribution >= 4 is 11.6 Å². The molecule has 1 aromatic heterocycles. The van der Waals surface area contributed by atoms with Crippen LogP contribution in [0, 0.1) is 6.92 Å². The molecule has 0 saturated carbocycles. The van der Waals surface area contributed by atoms with Gasteiger partial charge in [-0.15, -0.1) is 11.6 Å². The second-order valence-corrected chi connectivity index (χ2v) is 4.73. The Kier molecular flexibility index (Phi) is 6.30. The van der Waals surface area contributed by atoms with Gasteiger partial charge in [-0.3, -0.25) is 4.98 Å². The van der Waals surface area contributed by atoms with Crippen LogP contribution in [0.1, 0.15) is 31.2 Å². The molecule has 1 aromatic rings. The molecular weight excluding hydrogens is 236 g/mol. The molecule has 0 amide bonds. The topological polar surface area (TPSA) is 34.1 Å². The zero-order valence-corrected chi connectivity index (χ0v) is 11.5. The highest BCUT2D eigenvalue weighted by Crippen LogP contribution is 2.13. The van der Waals surface area contributed by atoms with Crippen molar-refractivity contribution < 1.29 is 4.74 Å². The minimum atomic E-state index is 0.266. The van der Waals surface area contributed by atoms with Gasteiger partial charge >= 0.3 is 0 Å². The van der Waals surface area contributed by atoms with Gasteiger partial charge in [-0.1, -0.05) is 6.92 Å². The van der Waals surface area contributed by atoms with Crippen LogP contribution in [0.2, 0.25) is 0 Å². The molecule has 0 spiro atoms. The summed E-state index contributed by atoms with van der Waals surface area (Å²) in [7, 11) is 1.67. The lowest BCUT2D eigenvalue weighted by Gasteiger charge is -2.09. The van der Waals surface area contributed by atoms with Crippen LogP contribution in [0.5, 0.6) is 5.75 Å². The monoisotopic (exact) mass is 256 g/mol. The number of nitrogens with one attached hydrogen (secondary N) is 1. The summed E-state index contributed by atoms with van der Waals surface area (Å²) >= 11 is 6.04. The van der Waals surface area contributed by atoms with E-state index in [0.29, 0.717) is 0 Å². The zero-order chi connectivity index (χ0) is 12.7. The molecule has 0 radical (unpaired) electrons. The predicted octanol–water partition coefficient (Wildman–Crippen LogP) is 2.90. The van der Waals surface area contributed by atoms with E-state index in [9.17, 15) is 0 Å². The SMILES string of the molecule is CCC(Cl)CCNCc1cc(OC)cc(C)n1. The molecule has 0 aromatic carbocycles. The number of hydrogen-bond acceptors (Lipinski definition) is 3. The average molecular weight is 257 g/mol. The first-order valence-electron chi connectivity index (χ1n) is 6.02. The first-order valence-corrected chi connectivity index (χ1v) is 6.45. The summed E-state index contributed by atoms with van der Waals surface area (Å²) in [6.45, 7) is 5.74. The van der Waals surface area contributed by atoms with Crippen molar-refractivity contribution in [2.24, 2.45) is 0 Å². The molecule has 1 N–H and O–H groups in total. The van der Waals surface area contributed by atoms with Crippen LogP contribution in [0.15, 0.2) is 12.1 Å². The van der Waals surface area contributed by atoms with Crippen molar-refractivity contribution in [1.82, 2.24) is 10.3 Å². The van der Waals surface area contributed by atoms with E-state index in [-0.39, 0.29) is 5.38 Å². The minimum Gasteiger partial charge on any atom is -0.497 e. The number of ether oxygens (including phenoxy) is 1. The average Bonchev–Trinajstić information content (AvgIpc) is 2.33. The summed E-state index contributed by atoms with van der Waals surface area (Å²) in [6.07, 6.45) is 2.00. The summed E-state index contributed by atoms with van der Waals surface area (Å²) in [5, 5.41) is 3.61. The zero-order valence-electron chi connectivity index (χ0n) is 10.8. The standard InChI is InChI=1S/C13H21ClN2O/c1-4-11(14)5-6-15-9-12-8-13(17-3)7-10(2)16-12/h7-8,11,15H,4-6,9H2,1-3H3. The summed E-state index contributed by atoms with van der Waals surface area (Å²) in [5.74, 6) is 0.859. The maximum atomic E-state index is 6.04. The highest BCUT2D eigenvalue weighted by atomic mass is 35.5. The highest BCUT2D eigenvalue weighted by molar-refractivity contribution is 6.20. The Hall–Kier alpha value is -0.800. The van der Waals surface area contributed by atoms with Crippen LogP contribution >= 0.6 is 11.6 Å². The molecule has 0 bridgehead atoms. The molecule has 1 atom stereocenters. The van der Waals surface area contributed by atoms with Crippen LogP contribution in [-0.4, -0.2) is 24.0 Å². The van der Waals surface area contributed by atoms with Crippen molar-refractivity contribution in [3.05, 3.63) is 23.5 Å². The maximum Gasteiger partial charge on any atom is 0.122 e. The Bertz CT molecular complexity index is 344. The third kappa shape index (κ3) is 5.37. The fraction of sp³-hybridized carbons (Fsp3) is 0.615. The Morgan fingerprint density at radius 1 is 1.47 bits per heavy atom. The van der Waals surface area contributed by atoms with Gasteiger partial charge in [0.25, 0.3) is 0 Å². The van der Waals surface area contributed by atoms with Crippen LogP contribution in [0.25, 0.3) is 0 Å². The third-order valence-electron chi connectivity index (χ3n) is 2.60. The van der Waals surface area contributed by atoms with Crippen molar-refractivity contribution in [2.75, 3.05) is 13.7 Å². The van der Waals surface area contributed by atoms with E-state index in [1.165, 1.54) is 0 Å². The lowest BCUT2D eigenvalue weighted by molar-refractivity contribution is 0.412. The number of hydrogen-bond donors (Lipinski definition) is 1. The van der Waals surface area contributed by atoms with E-state index in [1.807, 2.05) is 19.1 Å². The number of nitrogens with zero attached hydrogens (tertiary/aromatic N) is 1. The van der Waals surface area contributed by atoms with Gasteiger partial charge in [0.05, 0.1) is 12.8 Å². The van der Waals surface area contributed by atoms with Crippen molar-refractivity contribution in [3.63, 3.8) is 0 Å². The lowest BCUT2D eigenvalue weighted by Crippen LogP contribution is -2.18. The number of aromatic nitrogens is 1. The summed E-state index contributed by atoms with van der Waals surface area (Å²) in [4.78, 5) is 4.44. The first-order chi connectivity index (χ1) is 8.15. The molecule has 1 rings (SSSR count). The fourth-order valence-electron chi connectivity index (χ4n) is 1.59. The first kappa shape index (κ1) is 14.3. The van der Waals surface area contributed by atoms with Gasteiger partial charge in [0, 0.05) is 29.7 Å². The molecule has 1 unspecified atom stereocenters. The lowest BCUT2D eigenvalue weighted by atomic mass is 10.2. The molecular formula is C13H21ClN2O. The molecule has 0 aliphatic rings. The highest BCUT2D eigenvalue weighted by Gasteiger charge is 2.02. The van der Waals surface area contributed by atoms with E-state index < -0.39 is 0 Å². The van der Waals surface area contributed by atoms with Crippen LogP contribution in [0.4, 0.5) is 0 Å². The number of methoxy groups -OCH3 is 1. The molecule has 17 heavy (non-hydrogen) atoms. The smallest absolute Gasteiger partial charge is 0.122 e. The normalized spacial score (nSPS) is 12.5. The van der Waals surface area contributed by atoms with Gasteiger partial charge in [-0.2, -0.15) is 0 Å². The number of halogens is 1. The molecule has 3 nitrogen and oxygen atoms in total. The molecule has 0 fully saturated rings. The number of aryl methyl sites for hydroxylation is 1. The second-order valence-electron chi connectivity index (χ2n) is 4.11. The third-order valence-corrected chi connectivity index (χ3v) is 3.13. The second kappa shape index (κ2) is 7.51. The van der Waals surface area contributed by atoms with E-state index in [2.05, 4.69) is 17.2 Å². The van der Waals surface area contributed by atoms with E-state index >= 15 is 0 Å². The molecule has 0 saturated heterocycles.